The fourth-order valence-electron chi connectivity index (χ4n) is 1.35. The number of ether oxygens (including phenoxy) is 1. The van der Waals surface area contributed by atoms with Crippen molar-refractivity contribution in [1.82, 2.24) is 0 Å². The highest BCUT2D eigenvalue weighted by molar-refractivity contribution is 7.91. The first kappa shape index (κ1) is 7.80. The van der Waals surface area contributed by atoms with Gasteiger partial charge in [-0.3, -0.25) is 0 Å². The minimum absolute atomic E-state index is 0.770. The van der Waals surface area contributed by atoms with Gasteiger partial charge in [0.25, 0.3) is 0 Å². The summed E-state index contributed by atoms with van der Waals surface area (Å²) >= 11 is 0. The van der Waals surface area contributed by atoms with Crippen LogP contribution in [0.15, 0.2) is 15.9 Å². The molecule has 1 unspecified atom stereocenters. The van der Waals surface area contributed by atoms with Gasteiger partial charge in [0.05, 0.1) is 22.8 Å². The van der Waals surface area contributed by atoms with Crippen LogP contribution in [0.2, 0.25) is 0 Å². The zero-order valence-corrected chi connectivity index (χ0v) is 8.12. The van der Waals surface area contributed by atoms with Gasteiger partial charge >= 0.3 is 0 Å². The van der Waals surface area contributed by atoms with Crippen molar-refractivity contribution in [3.63, 3.8) is 0 Å². The van der Waals surface area contributed by atoms with Crippen molar-refractivity contribution in [3.05, 3.63) is 17.2 Å². The Bertz CT molecular complexity index is 383. The summed E-state index contributed by atoms with van der Waals surface area (Å²) in [6.45, 7) is 4.01. The van der Waals surface area contributed by atoms with Gasteiger partial charge in [-0.1, -0.05) is 0 Å². The normalized spacial score (nSPS) is 18.8. The largest absolute Gasteiger partial charge is 0.495 e. The number of hydrogen-bond donors (Lipinski definition) is 0. The molecule has 0 saturated heterocycles. The van der Waals surface area contributed by atoms with Crippen LogP contribution in [0.5, 0.6) is 5.75 Å². The molecule has 0 aromatic heterocycles. The molecule has 0 aliphatic carbocycles. The highest BCUT2D eigenvalue weighted by atomic mass is 32.2. The van der Waals surface area contributed by atoms with E-state index < -0.39 is 10.8 Å². The van der Waals surface area contributed by atoms with Crippen LogP contribution in [0.1, 0.15) is 11.1 Å². The molecule has 0 radical (unpaired) electrons. The molecule has 1 aromatic carbocycles. The van der Waals surface area contributed by atoms with Gasteiger partial charge in [-0.05, 0) is 31.0 Å². The van der Waals surface area contributed by atoms with Crippen LogP contribution in [0, 0.1) is 13.8 Å². The first-order valence-electron chi connectivity index (χ1n) is 3.76. The smallest absolute Gasteiger partial charge is 0.136 e. The Morgan fingerprint density at radius 1 is 1.33 bits per heavy atom. The SMILES string of the molecule is COc1cc(C)c(C)c2c1S2=O. The number of hydrogen-bond acceptors (Lipinski definition) is 2. The molecule has 1 aliphatic heterocycles. The van der Waals surface area contributed by atoms with Crippen molar-refractivity contribution in [2.75, 3.05) is 7.11 Å². The van der Waals surface area contributed by atoms with Crippen LogP contribution in [-0.4, -0.2) is 11.3 Å². The Morgan fingerprint density at radius 2 is 2.00 bits per heavy atom. The maximum Gasteiger partial charge on any atom is 0.136 e. The summed E-state index contributed by atoms with van der Waals surface area (Å²) in [7, 11) is 0.738. The second-order valence-electron chi connectivity index (χ2n) is 2.95. The lowest BCUT2D eigenvalue weighted by Crippen LogP contribution is -1.84. The van der Waals surface area contributed by atoms with Gasteiger partial charge < -0.3 is 4.74 Å². The molecule has 0 N–H and O–H groups in total. The van der Waals surface area contributed by atoms with Crippen LogP contribution in [0.4, 0.5) is 0 Å². The molecule has 1 heterocycles. The van der Waals surface area contributed by atoms with Crippen LogP contribution >= 0.6 is 0 Å². The maximum atomic E-state index is 11.3. The molecule has 1 aliphatic rings. The van der Waals surface area contributed by atoms with Crippen molar-refractivity contribution >= 4 is 10.8 Å². The molecule has 0 spiro atoms. The van der Waals surface area contributed by atoms with Gasteiger partial charge in [0.15, 0.2) is 0 Å². The van der Waals surface area contributed by atoms with Crippen molar-refractivity contribution < 1.29 is 8.95 Å². The Labute approximate surface area is 74.0 Å². The molecule has 12 heavy (non-hydrogen) atoms. The van der Waals surface area contributed by atoms with Crippen molar-refractivity contribution in [2.45, 2.75) is 23.6 Å². The lowest BCUT2D eigenvalue weighted by molar-refractivity contribution is 0.404. The molecule has 2 rings (SSSR count). The molecule has 64 valence electrons. The molecular weight excluding hydrogens is 172 g/mol. The lowest BCUT2D eigenvalue weighted by Gasteiger charge is -2.00. The van der Waals surface area contributed by atoms with Crippen molar-refractivity contribution in [2.24, 2.45) is 0 Å². The van der Waals surface area contributed by atoms with Gasteiger partial charge in [-0.15, -0.1) is 0 Å². The van der Waals surface area contributed by atoms with Gasteiger partial charge in [0.1, 0.15) is 10.6 Å². The van der Waals surface area contributed by atoms with E-state index >= 15 is 0 Å². The number of methoxy groups -OCH3 is 1. The van der Waals surface area contributed by atoms with E-state index in [0.717, 1.165) is 26.7 Å². The van der Waals surface area contributed by atoms with E-state index in [4.69, 9.17) is 4.74 Å². The molecule has 0 bridgehead atoms. The highest BCUT2D eigenvalue weighted by Gasteiger charge is 2.36. The Morgan fingerprint density at radius 3 is 2.58 bits per heavy atom. The van der Waals surface area contributed by atoms with E-state index in [-0.39, 0.29) is 0 Å². The lowest BCUT2D eigenvalue weighted by atomic mass is 10.1. The summed E-state index contributed by atoms with van der Waals surface area (Å²) < 4.78 is 16.4. The van der Waals surface area contributed by atoms with Crippen molar-refractivity contribution in [1.29, 1.82) is 0 Å². The van der Waals surface area contributed by atoms with Crippen LogP contribution in [0.3, 0.4) is 0 Å². The Kier molecular flexibility index (Phi) is 1.51. The quantitative estimate of drug-likeness (QED) is 0.628. The van der Waals surface area contributed by atoms with E-state index in [0.29, 0.717) is 0 Å². The molecule has 2 nitrogen and oxygen atoms in total. The number of aryl methyl sites for hydroxylation is 1. The van der Waals surface area contributed by atoms with Gasteiger partial charge in [0, 0.05) is 0 Å². The molecule has 0 fully saturated rings. The maximum absolute atomic E-state index is 11.3. The second kappa shape index (κ2) is 2.33. The predicted octanol–water partition coefficient (Wildman–Crippen LogP) is 1.79. The molecule has 0 amide bonds. The monoisotopic (exact) mass is 182 g/mol. The van der Waals surface area contributed by atoms with Crippen LogP contribution in [0.25, 0.3) is 0 Å². The third-order valence-electron chi connectivity index (χ3n) is 2.26. The van der Waals surface area contributed by atoms with Gasteiger partial charge in [-0.2, -0.15) is 0 Å². The van der Waals surface area contributed by atoms with E-state index in [9.17, 15) is 4.21 Å². The molecule has 1 atom stereocenters. The highest BCUT2D eigenvalue weighted by Crippen LogP contribution is 2.46. The first-order valence-corrected chi connectivity index (χ1v) is 4.91. The summed E-state index contributed by atoms with van der Waals surface area (Å²) in [5, 5.41) is 0. The minimum atomic E-state index is -0.873. The third-order valence-corrected chi connectivity index (χ3v) is 3.71. The number of benzene rings is 1. The number of fused-ring (bicyclic) bond motifs is 1. The zero-order chi connectivity index (χ0) is 8.88. The molecule has 1 aromatic rings. The fraction of sp³-hybridized carbons (Fsp3) is 0.333. The summed E-state index contributed by atoms with van der Waals surface area (Å²) in [6, 6.07) is 1.94. The van der Waals surface area contributed by atoms with Gasteiger partial charge in [-0.25, -0.2) is 4.21 Å². The minimum Gasteiger partial charge on any atom is -0.495 e. The second-order valence-corrected chi connectivity index (χ2v) is 4.30. The average Bonchev–Trinajstić information content (AvgIpc) is 2.71. The van der Waals surface area contributed by atoms with Crippen LogP contribution in [-0.2, 0) is 10.8 Å². The average molecular weight is 182 g/mol. The molecule has 3 heteroatoms. The zero-order valence-electron chi connectivity index (χ0n) is 7.30. The summed E-state index contributed by atoms with van der Waals surface area (Å²) in [5.74, 6) is 0.770. The topological polar surface area (TPSA) is 26.3 Å². The van der Waals surface area contributed by atoms with E-state index in [1.54, 1.807) is 7.11 Å². The first-order chi connectivity index (χ1) is 5.66. The molecule has 0 saturated carbocycles. The summed E-state index contributed by atoms with van der Waals surface area (Å²) in [4.78, 5) is 1.87. The Balaban J connectivity index is 2.68. The number of rotatable bonds is 1. The Hall–Kier alpha value is -0.830. The third kappa shape index (κ3) is 0.829. The van der Waals surface area contributed by atoms with Crippen LogP contribution < -0.4 is 4.74 Å². The van der Waals surface area contributed by atoms with E-state index in [1.807, 2.05) is 19.9 Å². The standard InChI is InChI=1S/C9H10O2S/c1-5-4-7(11-3)9-8(6(5)2)12(9)10/h4H,1-3H3. The predicted molar refractivity (Wildman–Crippen MR) is 47.1 cm³/mol. The van der Waals surface area contributed by atoms with Gasteiger partial charge in [0.2, 0.25) is 0 Å². The van der Waals surface area contributed by atoms with E-state index in [1.165, 1.54) is 0 Å². The van der Waals surface area contributed by atoms with Crippen molar-refractivity contribution in [3.8, 4) is 5.75 Å². The van der Waals surface area contributed by atoms with E-state index in [2.05, 4.69) is 0 Å². The fourth-order valence-corrected chi connectivity index (χ4v) is 2.74. The molecular formula is C9H10O2S. The summed E-state index contributed by atoms with van der Waals surface area (Å²) in [6.07, 6.45) is 0. The summed E-state index contributed by atoms with van der Waals surface area (Å²) in [5.41, 5.74) is 2.29.